The molecular weight excluding hydrogens is 394 g/mol. The van der Waals surface area contributed by atoms with Crippen LogP contribution >= 0.6 is 0 Å². The number of aliphatic imine (C=N–C) groups is 1. The number of hydrogen-bond acceptors (Lipinski definition) is 5. The van der Waals surface area contributed by atoms with E-state index in [4.69, 9.17) is 0 Å². The molecule has 0 saturated heterocycles. The molecule has 0 bridgehead atoms. The first-order valence-electron chi connectivity index (χ1n) is 11.7. The molecule has 0 aliphatic rings. The number of nitro benzene ring substituents is 1. The molecule has 174 valence electrons. The number of hydrogen-bond donors (Lipinski definition) is 2. The second-order valence-electron chi connectivity index (χ2n) is 8.01. The van der Waals surface area contributed by atoms with Crippen molar-refractivity contribution in [1.29, 1.82) is 0 Å². The maximum absolute atomic E-state index is 12.2. The Kier molecular flexibility index (Phi) is 15.0. The number of aliphatic hydroxyl groups excluding tert-OH is 1. The van der Waals surface area contributed by atoms with Gasteiger partial charge in [-0.05, 0) is 12.0 Å². The van der Waals surface area contributed by atoms with Gasteiger partial charge in [-0.1, -0.05) is 89.7 Å². The molecule has 0 radical (unpaired) electrons. The summed E-state index contributed by atoms with van der Waals surface area (Å²) in [6, 6.07) is 5.08. The van der Waals surface area contributed by atoms with E-state index < -0.39 is 17.6 Å². The molecular formula is C24H39N3O4. The van der Waals surface area contributed by atoms with Crippen LogP contribution in [-0.4, -0.2) is 41.3 Å². The summed E-state index contributed by atoms with van der Waals surface area (Å²) in [7, 11) is 0. The predicted molar refractivity (Wildman–Crippen MR) is 126 cm³/mol. The molecule has 0 fully saturated rings. The van der Waals surface area contributed by atoms with Gasteiger partial charge in [0.1, 0.15) is 0 Å². The van der Waals surface area contributed by atoms with Crippen molar-refractivity contribution in [2.24, 2.45) is 4.99 Å². The van der Waals surface area contributed by atoms with Gasteiger partial charge in [-0.3, -0.25) is 19.9 Å². The zero-order valence-electron chi connectivity index (χ0n) is 18.9. The largest absolute Gasteiger partial charge is 0.394 e. The van der Waals surface area contributed by atoms with Crippen LogP contribution in [0.2, 0.25) is 0 Å². The number of carbonyl (C=O) groups is 1. The van der Waals surface area contributed by atoms with Crippen LogP contribution in [0.15, 0.2) is 29.3 Å². The Morgan fingerprint density at radius 2 is 1.65 bits per heavy atom. The standard InChI is InChI=1S/C24H39N3O4/c1-2-3-4-5-6-7-8-9-10-11-12-13-17-25-24(29)23(20-28)26-19-21-15-14-16-22(18-21)27(30)31/h14-16,18-19,23,28H,2-13,17,20H2,1H3,(H,25,29). The van der Waals surface area contributed by atoms with Gasteiger partial charge in [0.15, 0.2) is 6.04 Å². The lowest BCUT2D eigenvalue weighted by Crippen LogP contribution is -2.36. The van der Waals surface area contributed by atoms with Gasteiger partial charge >= 0.3 is 0 Å². The van der Waals surface area contributed by atoms with Gasteiger partial charge in [0.2, 0.25) is 5.91 Å². The van der Waals surface area contributed by atoms with Crippen LogP contribution in [-0.2, 0) is 4.79 Å². The smallest absolute Gasteiger partial charge is 0.270 e. The summed E-state index contributed by atoms with van der Waals surface area (Å²) >= 11 is 0. The number of nitrogens with zero attached hydrogens (tertiary/aromatic N) is 2. The Hall–Kier alpha value is -2.28. The van der Waals surface area contributed by atoms with Gasteiger partial charge < -0.3 is 10.4 Å². The third-order valence-corrected chi connectivity index (χ3v) is 5.29. The van der Waals surface area contributed by atoms with Crippen LogP contribution in [0.25, 0.3) is 0 Å². The Labute approximate surface area is 186 Å². The van der Waals surface area contributed by atoms with Gasteiger partial charge in [-0.2, -0.15) is 0 Å². The van der Waals surface area contributed by atoms with Gasteiger partial charge in [-0.15, -0.1) is 0 Å². The fourth-order valence-electron chi connectivity index (χ4n) is 3.39. The van der Waals surface area contributed by atoms with Crippen LogP contribution in [0.3, 0.4) is 0 Å². The molecule has 1 aromatic rings. The van der Waals surface area contributed by atoms with Crippen molar-refractivity contribution >= 4 is 17.8 Å². The molecule has 0 saturated carbocycles. The maximum Gasteiger partial charge on any atom is 0.270 e. The highest BCUT2D eigenvalue weighted by Gasteiger charge is 2.15. The summed E-state index contributed by atoms with van der Waals surface area (Å²) < 4.78 is 0. The minimum Gasteiger partial charge on any atom is -0.394 e. The van der Waals surface area contributed by atoms with Crippen molar-refractivity contribution in [3.63, 3.8) is 0 Å². The quantitative estimate of drug-likeness (QED) is 0.144. The average Bonchev–Trinajstić information content (AvgIpc) is 2.77. The zero-order valence-corrected chi connectivity index (χ0v) is 18.9. The lowest BCUT2D eigenvalue weighted by Gasteiger charge is -2.10. The fourth-order valence-corrected chi connectivity index (χ4v) is 3.39. The first-order valence-corrected chi connectivity index (χ1v) is 11.7. The highest BCUT2D eigenvalue weighted by molar-refractivity contribution is 5.87. The van der Waals surface area contributed by atoms with Crippen molar-refractivity contribution in [2.45, 2.75) is 90.0 Å². The van der Waals surface area contributed by atoms with Crippen LogP contribution in [0.5, 0.6) is 0 Å². The first kappa shape index (κ1) is 26.8. The Morgan fingerprint density at radius 1 is 1.06 bits per heavy atom. The number of aliphatic hydroxyl groups is 1. The molecule has 1 unspecified atom stereocenters. The molecule has 7 heteroatoms. The minimum atomic E-state index is -0.906. The molecule has 0 aromatic heterocycles. The number of unbranched alkanes of at least 4 members (excludes halogenated alkanes) is 11. The van der Waals surface area contributed by atoms with E-state index in [1.54, 1.807) is 12.1 Å². The lowest BCUT2D eigenvalue weighted by molar-refractivity contribution is -0.384. The molecule has 0 heterocycles. The lowest BCUT2D eigenvalue weighted by atomic mass is 10.1. The molecule has 0 spiro atoms. The van der Waals surface area contributed by atoms with Crippen molar-refractivity contribution in [3.05, 3.63) is 39.9 Å². The zero-order chi connectivity index (χ0) is 22.7. The summed E-state index contributed by atoms with van der Waals surface area (Å²) in [5, 5.41) is 23.1. The van der Waals surface area contributed by atoms with E-state index in [0.717, 1.165) is 12.8 Å². The summed E-state index contributed by atoms with van der Waals surface area (Å²) in [6.45, 7) is 2.41. The van der Waals surface area contributed by atoms with Gasteiger partial charge in [0, 0.05) is 24.9 Å². The first-order chi connectivity index (χ1) is 15.1. The summed E-state index contributed by atoms with van der Waals surface area (Å²) in [5.74, 6) is -0.327. The van der Waals surface area contributed by atoms with Crippen molar-refractivity contribution in [2.75, 3.05) is 13.2 Å². The van der Waals surface area contributed by atoms with Crippen LogP contribution in [0.1, 0.15) is 89.5 Å². The van der Waals surface area contributed by atoms with E-state index in [-0.39, 0.29) is 11.6 Å². The predicted octanol–water partition coefficient (Wildman–Crippen LogP) is 5.19. The van der Waals surface area contributed by atoms with Crippen LogP contribution in [0, 0.1) is 10.1 Å². The number of nitro groups is 1. The molecule has 1 amide bonds. The average molecular weight is 434 g/mol. The summed E-state index contributed by atoms with van der Waals surface area (Å²) in [4.78, 5) is 26.6. The fraction of sp³-hybridized carbons (Fsp3) is 0.667. The molecule has 0 aliphatic heterocycles. The number of nitrogens with one attached hydrogen (secondary N) is 1. The van der Waals surface area contributed by atoms with E-state index in [9.17, 15) is 20.0 Å². The highest BCUT2D eigenvalue weighted by Crippen LogP contribution is 2.13. The SMILES string of the molecule is CCCCCCCCCCCCCCNC(=O)C(CO)N=Cc1cccc([N+](=O)[O-])c1. The molecule has 2 N–H and O–H groups in total. The Balaban J connectivity index is 2.13. The van der Waals surface area contributed by atoms with Gasteiger partial charge in [0.05, 0.1) is 11.5 Å². The van der Waals surface area contributed by atoms with Crippen molar-refractivity contribution in [1.82, 2.24) is 5.32 Å². The maximum atomic E-state index is 12.2. The van der Waals surface area contributed by atoms with E-state index >= 15 is 0 Å². The third-order valence-electron chi connectivity index (χ3n) is 5.29. The van der Waals surface area contributed by atoms with Crippen molar-refractivity contribution in [3.8, 4) is 0 Å². The number of carbonyl (C=O) groups excluding carboxylic acids is 1. The number of amides is 1. The number of benzene rings is 1. The second-order valence-corrected chi connectivity index (χ2v) is 8.01. The van der Waals surface area contributed by atoms with Gasteiger partial charge in [0.25, 0.3) is 5.69 Å². The summed E-state index contributed by atoms with van der Waals surface area (Å²) in [6.07, 6.45) is 16.5. The van der Waals surface area contributed by atoms with E-state index in [1.165, 1.54) is 82.6 Å². The minimum absolute atomic E-state index is 0.0408. The Bertz CT molecular complexity index is 664. The van der Waals surface area contributed by atoms with E-state index in [0.29, 0.717) is 12.1 Å². The van der Waals surface area contributed by atoms with Crippen molar-refractivity contribution < 1.29 is 14.8 Å². The second kappa shape index (κ2) is 17.4. The monoisotopic (exact) mass is 433 g/mol. The van der Waals surface area contributed by atoms with Crippen LogP contribution in [0.4, 0.5) is 5.69 Å². The van der Waals surface area contributed by atoms with Crippen LogP contribution < -0.4 is 5.32 Å². The molecule has 0 aliphatic carbocycles. The van der Waals surface area contributed by atoms with E-state index in [1.807, 2.05) is 0 Å². The number of rotatable bonds is 18. The molecule has 1 atom stereocenters. The van der Waals surface area contributed by atoms with Gasteiger partial charge in [-0.25, -0.2) is 0 Å². The molecule has 31 heavy (non-hydrogen) atoms. The Morgan fingerprint density at radius 3 is 2.19 bits per heavy atom. The third kappa shape index (κ3) is 12.9. The summed E-state index contributed by atoms with van der Waals surface area (Å²) in [5.41, 5.74) is 0.474. The molecule has 7 nitrogen and oxygen atoms in total. The molecule has 1 rings (SSSR count). The highest BCUT2D eigenvalue weighted by atomic mass is 16.6. The number of non-ortho nitro benzene ring substituents is 1. The topological polar surface area (TPSA) is 105 Å². The normalized spacial score (nSPS) is 12.2. The van der Waals surface area contributed by atoms with E-state index in [2.05, 4.69) is 17.2 Å². The molecule has 1 aromatic carbocycles.